The fourth-order valence-electron chi connectivity index (χ4n) is 3.11. The lowest BCUT2D eigenvalue weighted by atomic mass is 9.83. The average Bonchev–Trinajstić information content (AvgIpc) is 2.87. The van der Waals surface area contributed by atoms with E-state index in [1.807, 2.05) is 30.3 Å². The summed E-state index contributed by atoms with van der Waals surface area (Å²) >= 11 is 0. The molecule has 0 bridgehead atoms. The molecule has 1 unspecified atom stereocenters. The first kappa shape index (κ1) is 12.2. The highest BCUT2D eigenvalue weighted by Gasteiger charge is 2.53. The molecule has 2 fully saturated rings. The molecule has 4 nitrogen and oxygen atoms in total. The molecule has 0 aromatic heterocycles. The first-order valence-corrected chi connectivity index (χ1v) is 6.78. The number of amides is 2. The lowest BCUT2D eigenvalue weighted by molar-refractivity contribution is -0.146. The molecule has 1 heterocycles. The molecule has 1 saturated heterocycles. The molecule has 1 aliphatic heterocycles. The minimum Gasteiger partial charge on any atom is -0.339 e. The van der Waals surface area contributed by atoms with Crippen LogP contribution in [0.2, 0.25) is 0 Å². The van der Waals surface area contributed by atoms with E-state index in [9.17, 15) is 9.59 Å². The number of nitrogens with one attached hydrogen (secondary N) is 2. The highest BCUT2D eigenvalue weighted by molar-refractivity contribution is 6.02. The van der Waals surface area contributed by atoms with E-state index in [1.54, 1.807) is 6.92 Å². The van der Waals surface area contributed by atoms with Gasteiger partial charge in [-0.25, -0.2) is 0 Å². The third-order valence-electron chi connectivity index (χ3n) is 4.41. The molecule has 1 aromatic rings. The maximum Gasteiger partial charge on any atom is 0.250 e. The molecule has 2 amide bonds. The van der Waals surface area contributed by atoms with E-state index >= 15 is 0 Å². The van der Waals surface area contributed by atoms with Gasteiger partial charge < -0.3 is 10.6 Å². The van der Waals surface area contributed by atoms with E-state index in [2.05, 4.69) is 10.6 Å². The predicted molar refractivity (Wildman–Crippen MR) is 71.3 cm³/mol. The molecule has 1 saturated carbocycles. The number of piperazine rings is 1. The van der Waals surface area contributed by atoms with Gasteiger partial charge >= 0.3 is 0 Å². The third kappa shape index (κ3) is 1.74. The molecule has 1 aromatic carbocycles. The number of hydrogen-bond donors (Lipinski definition) is 2. The Morgan fingerprint density at radius 1 is 0.947 bits per heavy atom. The Morgan fingerprint density at radius 2 is 1.58 bits per heavy atom. The molecule has 4 heteroatoms. The lowest BCUT2D eigenvalue weighted by Crippen LogP contribution is -2.71. The van der Waals surface area contributed by atoms with Gasteiger partial charge in [0.1, 0.15) is 11.1 Å². The van der Waals surface area contributed by atoms with Crippen LogP contribution in [-0.2, 0) is 15.1 Å². The zero-order valence-corrected chi connectivity index (χ0v) is 11.0. The van der Waals surface area contributed by atoms with Crippen LogP contribution in [0.15, 0.2) is 30.3 Å². The van der Waals surface area contributed by atoms with E-state index in [4.69, 9.17) is 0 Å². The summed E-state index contributed by atoms with van der Waals surface area (Å²) in [6, 6.07) is 9.38. The van der Waals surface area contributed by atoms with Crippen LogP contribution in [-0.4, -0.2) is 17.4 Å². The largest absolute Gasteiger partial charge is 0.339 e. The fourth-order valence-corrected chi connectivity index (χ4v) is 3.11. The number of benzene rings is 1. The van der Waals surface area contributed by atoms with Crippen molar-refractivity contribution in [3.63, 3.8) is 0 Å². The number of rotatable bonds is 1. The van der Waals surface area contributed by atoms with Gasteiger partial charge in [0, 0.05) is 0 Å². The number of carbonyl (C=O) groups excluding carboxylic acids is 2. The minimum absolute atomic E-state index is 0.0454. The lowest BCUT2D eigenvalue weighted by Gasteiger charge is -2.43. The molecule has 19 heavy (non-hydrogen) atoms. The van der Waals surface area contributed by atoms with E-state index < -0.39 is 11.1 Å². The standard InChI is InChI=1S/C15H18N2O2/c1-14(11-7-3-2-4-8-11)12(18)17-15(13(19)16-14)9-5-6-10-15/h2-4,7-8H,5-6,9-10H2,1H3,(H,16,19)(H,17,18). The molecule has 2 N–H and O–H groups in total. The van der Waals surface area contributed by atoms with Gasteiger partial charge in [0.05, 0.1) is 0 Å². The van der Waals surface area contributed by atoms with Crippen LogP contribution < -0.4 is 10.6 Å². The van der Waals surface area contributed by atoms with Crippen LogP contribution in [0.5, 0.6) is 0 Å². The minimum atomic E-state index is -0.966. The Morgan fingerprint density at radius 3 is 2.21 bits per heavy atom. The van der Waals surface area contributed by atoms with Crippen LogP contribution in [0.3, 0.4) is 0 Å². The second kappa shape index (κ2) is 4.08. The first-order valence-electron chi connectivity index (χ1n) is 6.78. The van der Waals surface area contributed by atoms with E-state index in [0.717, 1.165) is 31.2 Å². The van der Waals surface area contributed by atoms with Crippen molar-refractivity contribution in [2.45, 2.75) is 43.7 Å². The van der Waals surface area contributed by atoms with Crippen LogP contribution in [0.4, 0.5) is 0 Å². The maximum absolute atomic E-state index is 12.5. The Bertz CT molecular complexity index is 520. The maximum atomic E-state index is 12.5. The summed E-state index contributed by atoms with van der Waals surface area (Å²) in [5.41, 5.74) is -0.814. The molecule has 1 aliphatic carbocycles. The molecule has 1 spiro atoms. The molecular weight excluding hydrogens is 240 g/mol. The summed E-state index contributed by atoms with van der Waals surface area (Å²) in [6.07, 6.45) is 3.48. The Hall–Kier alpha value is -1.84. The fraction of sp³-hybridized carbons (Fsp3) is 0.467. The van der Waals surface area contributed by atoms with Gasteiger partial charge in [0.25, 0.3) is 5.91 Å². The monoisotopic (exact) mass is 258 g/mol. The summed E-state index contributed by atoms with van der Waals surface area (Å²) in [6.45, 7) is 1.76. The number of carbonyl (C=O) groups is 2. The summed E-state index contributed by atoms with van der Waals surface area (Å²) < 4.78 is 0. The summed E-state index contributed by atoms with van der Waals surface area (Å²) in [5, 5.41) is 5.92. The molecule has 0 radical (unpaired) electrons. The molecule has 1 atom stereocenters. The first-order chi connectivity index (χ1) is 9.07. The van der Waals surface area contributed by atoms with Crippen molar-refractivity contribution in [3.8, 4) is 0 Å². The summed E-state index contributed by atoms with van der Waals surface area (Å²) in [7, 11) is 0. The highest BCUT2D eigenvalue weighted by Crippen LogP contribution is 2.35. The van der Waals surface area contributed by atoms with Gasteiger partial charge in [-0.1, -0.05) is 43.2 Å². The smallest absolute Gasteiger partial charge is 0.250 e. The normalized spacial score (nSPS) is 29.1. The zero-order valence-electron chi connectivity index (χ0n) is 11.0. The van der Waals surface area contributed by atoms with Crippen molar-refractivity contribution >= 4 is 11.8 Å². The van der Waals surface area contributed by atoms with E-state index in [0.29, 0.717) is 0 Å². The average molecular weight is 258 g/mol. The molecule has 3 rings (SSSR count). The van der Waals surface area contributed by atoms with Crippen molar-refractivity contribution in [1.29, 1.82) is 0 Å². The SMILES string of the molecule is CC1(c2ccccc2)NC(=O)C2(CCCC2)NC1=O. The highest BCUT2D eigenvalue weighted by atomic mass is 16.2. The Balaban J connectivity index is 1.95. The summed E-state index contributed by atoms with van der Waals surface area (Å²) in [4.78, 5) is 24.9. The van der Waals surface area contributed by atoms with E-state index in [1.165, 1.54) is 0 Å². The topological polar surface area (TPSA) is 58.2 Å². The number of hydrogen-bond acceptors (Lipinski definition) is 2. The quantitative estimate of drug-likeness (QED) is 0.801. The van der Waals surface area contributed by atoms with Crippen molar-refractivity contribution in [1.82, 2.24) is 10.6 Å². The van der Waals surface area contributed by atoms with E-state index in [-0.39, 0.29) is 11.8 Å². The third-order valence-corrected chi connectivity index (χ3v) is 4.41. The van der Waals surface area contributed by atoms with Crippen molar-refractivity contribution in [3.05, 3.63) is 35.9 Å². The van der Waals surface area contributed by atoms with Gasteiger partial charge in [0.2, 0.25) is 5.91 Å². The van der Waals surface area contributed by atoms with Gasteiger partial charge in [-0.05, 0) is 25.3 Å². The van der Waals surface area contributed by atoms with Crippen molar-refractivity contribution in [2.75, 3.05) is 0 Å². The van der Waals surface area contributed by atoms with Crippen LogP contribution >= 0.6 is 0 Å². The van der Waals surface area contributed by atoms with Crippen LogP contribution in [0.1, 0.15) is 38.2 Å². The van der Waals surface area contributed by atoms with Crippen molar-refractivity contribution < 1.29 is 9.59 Å². The molecule has 100 valence electrons. The second-order valence-corrected chi connectivity index (χ2v) is 5.69. The van der Waals surface area contributed by atoms with Gasteiger partial charge in [-0.15, -0.1) is 0 Å². The second-order valence-electron chi connectivity index (χ2n) is 5.69. The van der Waals surface area contributed by atoms with Crippen LogP contribution in [0.25, 0.3) is 0 Å². The Labute approximate surface area is 112 Å². The van der Waals surface area contributed by atoms with Gasteiger partial charge in [-0.3, -0.25) is 9.59 Å². The van der Waals surface area contributed by atoms with Crippen LogP contribution in [0, 0.1) is 0 Å². The molecule has 2 aliphatic rings. The van der Waals surface area contributed by atoms with Gasteiger partial charge in [0.15, 0.2) is 0 Å². The Kier molecular flexibility index (Phi) is 2.62. The van der Waals surface area contributed by atoms with Gasteiger partial charge in [-0.2, -0.15) is 0 Å². The summed E-state index contributed by atoms with van der Waals surface area (Å²) in [5.74, 6) is -0.156. The molecular formula is C15H18N2O2. The predicted octanol–water partition coefficient (Wildman–Crippen LogP) is 1.46. The van der Waals surface area contributed by atoms with Crippen molar-refractivity contribution in [2.24, 2.45) is 0 Å². The zero-order chi connectivity index (χ0) is 13.5.